The van der Waals surface area contributed by atoms with Crippen molar-refractivity contribution < 1.29 is 13.9 Å². The van der Waals surface area contributed by atoms with Crippen LogP contribution in [0.25, 0.3) is 0 Å². The van der Waals surface area contributed by atoms with Crippen molar-refractivity contribution in [1.29, 1.82) is 0 Å². The number of furan rings is 1. The molecule has 4 nitrogen and oxygen atoms in total. The van der Waals surface area contributed by atoms with Gasteiger partial charge in [0.15, 0.2) is 0 Å². The van der Waals surface area contributed by atoms with Gasteiger partial charge in [0, 0.05) is 0 Å². The molecule has 0 aliphatic rings. The van der Waals surface area contributed by atoms with Gasteiger partial charge in [-0.25, -0.2) is 4.79 Å². The molecule has 0 atom stereocenters. The number of methoxy groups -OCH3 is 1. The van der Waals surface area contributed by atoms with Crippen LogP contribution in [0.5, 0.6) is 0 Å². The number of aryl methyl sites for hydroxylation is 1. The maximum Gasteiger partial charge on any atom is 0.341 e. The third kappa shape index (κ3) is 1.48. The summed E-state index contributed by atoms with van der Waals surface area (Å²) in [5, 5.41) is 0. The van der Waals surface area contributed by atoms with E-state index in [0.717, 1.165) is 0 Å². The average Bonchev–Trinajstić information content (AvgIpc) is 2.45. The molecule has 0 bridgehead atoms. The first-order valence-corrected chi connectivity index (χ1v) is 3.56. The van der Waals surface area contributed by atoms with E-state index in [1.165, 1.54) is 7.11 Å². The summed E-state index contributed by atoms with van der Waals surface area (Å²) in [5.74, 6) is 0.742. The van der Waals surface area contributed by atoms with Crippen LogP contribution < -0.4 is 5.73 Å². The SMILES string of the molecule is COC(=O)c1cc(CN)oc1C. The highest BCUT2D eigenvalue weighted by Crippen LogP contribution is 2.14. The van der Waals surface area contributed by atoms with Gasteiger partial charge in [0.1, 0.15) is 17.1 Å². The summed E-state index contributed by atoms with van der Waals surface area (Å²) in [6.45, 7) is 1.99. The molecule has 0 saturated carbocycles. The van der Waals surface area contributed by atoms with Gasteiger partial charge < -0.3 is 14.9 Å². The molecule has 1 aromatic heterocycles. The molecular weight excluding hydrogens is 158 g/mol. The molecule has 0 aliphatic heterocycles. The Bertz CT molecular complexity index is 290. The zero-order valence-corrected chi connectivity index (χ0v) is 7.09. The fourth-order valence-corrected chi connectivity index (χ4v) is 0.957. The van der Waals surface area contributed by atoms with Crippen LogP contribution in [0, 0.1) is 6.92 Å². The van der Waals surface area contributed by atoms with Crippen LogP contribution in [0.1, 0.15) is 21.9 Å². The van der Waals surface area contributed by atoms with Gasteiger partial charge in [-0.2, -0.15) is 0 Å². The lowest BCUT2D eigenvalue weighted by Crippen LogP contribution is -2.00. The molecule has 1 rings (SSSR count). The first-order chi connectivity index (χ1) is 5.69. The Balaban J connectivity index is 2.99. The predicted molar refractivity (Wildman–Crippen MR) is 42.7 cm³/mol. The Morgan fingerprint density at radius 1 is 1.75 bits per heavy atom. The predicted octanol–water partition coefficient (Wildman–Crippen LogP) is 0.833. The number of carbonyl (C=O) groups is 1. The van der Waals surface area contributed by atoms with Crippen LogP contribution in [0.3, 0.4) is 0 Å². The molecule has 0 aliphatic carbocycles. The van der Waals surface area contributed by atoms with E-state index in [9.17, 15) is 4.79 Å². The van der Waals surface area contributed by atoms with Crippen LogP contribution in [-0.2, 0) is 11.3 Å². The summed E-state index contributed by atoms with van der Waals surface area (Å²) >= 11 is 0. The molecule has 0 saturated heterocycles. The largest absolute Gasteiger partial charge is 0.465 e. The molecule has 0 amide bonds. The molecule has 66 valence electrons. The molecule has 0 unspecified atom stereocenters. The number of nitrogens with two attached hydrogens (primary N) is 1. The van der Waals surface area contributed by atoms with E-state index < -0.39 is 5.97 Å². The van der Waals surface area contributed by atoms with Crippen LogP contribution >= 0.6 is 0 Å². The Hall–Kier alpha value is -1.29. The second kappa shape index (κ2) is 3.40. The number of esters is 1. The zero-order chi connectivity index (χ0) is 9.14. The summed E-state index contributed by atoms with van der Waals surface area (Å²) in [6, 6.07) is 1.60. The Labute approximate surface area is 70.3 Å². The quantitative estimate of drug-likeness (QED) is 0.666. The number of rotatable bonds is 2. The van der Waals surface area contributed by atoms with E-state index >= 15 is 0 Å². The van der Waals surface area contributed by atoms with Crippen molar-refractivity contribution in [3.05, 3.63) is 23.2 Å². The minimum absolute atomic E-state index is 0.290. The second-order valence-electron chi connectivity index (χ2n) is 2.38. The van der Waals surface area contributed by atoms with E-state index in [4.69, 9.17) is 10.2 Å². The fraction of sp³-hybridized carbons (Fsp3) is 0.375. The van der Waals surface area contributed by atoms with Crippen LogP contribution in [0.4, 0.5) is 0 Å². The summed E-state index contributed by atoms with van der Waals surface area (Å²) in [4.78, 5) is 11.0. The van der Waals surface area contributed by atoms with E-state index in [-0.39, 0.29) is 6.54 Å². The summed E-state index contributed by atoms with van der Waals surface area (Å²) in [7, 11) is 1.33. The van der Waals surface area contributed by atoms with Gasteiger partial charge in [0.25, 0.3) is 0 Å². The van der Waals surface area contributed by atoms with E-state index in [0.29, 0.717) is 17.1 Å². The molecular formula is C8H11NO3. The van der Waals surface area contributed by atoms with Crippen molar-refractivity contribution >= 4 is 5.97 Å². The molecule has 4 heteroatoms. The van der Waals surface area contributed by atoms with Crippen LogP contribution in [0.2, 0.25) is 0 Å². The maximum atomic E-state index is 11.0. The monoisotopic (exact) mass is 169 g/mol. The van der Waals surface area contributed by atoms with Gasteiger partial charge in [-0.1, -0.05) is 0 Å². The third-order valence-electron chi connectivity index (χ3n) is 1.58. The van der Waals surface area contributed by atoms with E-state index in [1.807, 2.05) is 0 Å². The van der Waals surface area contributed by atoms with Gasteiger partial charge in [-0.3, -0.25) is 0 Å². The van der Waals surface area contributed by atoms with Crippen molar-refractivity contribution in [3.63, 3.8) is 0 Å². The Kier molecular flexibility index (Phi) is 2.50. The standard InChI is InChI=1S/C8H11NO3/c1-5-7(8(10)11-2)3-6(4-9)12-5/h3H,4,9H2,1-2H3. The molecule has 0 aromatic carbocycles. The highest BCUT2D eigenvalue weighted by molar-refractivity contribution is 5.90. The summed E-state index contributed by atoms with van der Waals surface area (Å²) in [5.41, 5.74) is 5.77. The topological polar surface area (TPSA) is 65.5 Å². The van der Waals surface area contributed by atoms with Gasteiger partial charge >= 0.3 is 5.97 Å². The Morgan fingerprint density at radius 2 is 2.42 bits per heavy atom. The van der Waals surface area contributed by atoms with E-state index in [2.05, 4.69) is 4.74 Å². The normalized spacial score (nSPS) is 9.92. The average molecular weight is 169 g/mol. The summed E-state index contributed by atoms with van der Waals surface area (Å²) in [6.07, 6.45) is 0. The minimum Gasteiger partial charge on any atom is -0.465 e. The van der Waals surface area contributed by atoms with Gasteiger partial charge in [0.05, 0.1) is 13.7 Å². The number of hydrogen-bond acceptors (Lipinski definition) is 4. The van der Waals surface area contributed by atoms with Crippen molar-refractivity contribution in [3.8, 4) is 0 Å². The number of carbonyl (C=O) groups excluding carboxylic acids is 1. The van der Waals surface area contributed by atoms with Crippen molar-refractivity contribution in [2.24, 2.45) is 5.73 Å². The summed E-state index contributed by atoms with van der Waals surface area (Å²) < 4.78 is 9.70. The maximum absolute atomic E-state index is 11.0. The van der Waals surface area contributed by atoms with Crippen LogP contribution in [0.15, 0.2) is 10.5 Å². The van der Waals surface area contributed by atoms with E-state index in [1.54, 1.807) is 13.0 Å². The van der Waals surface area contributed by atoms with Gasteiger partial charge in [0.2, 0.25) is 0 Å². The van der Waals surface area contributed by atoms with Gasteiger partial charge in [-0.05, 0) is 13.0 Å². The molecule has 2 N–H and O–H groups in total. The van der Waals surface area contributed by atoms with Crippen LogP contribution in [-0.4, -0.2) is 13.1 Å². The first kappa shape index (κ1) is 8.80. The molecule has 12 heavy (non-hydrogen) atoms. The lowest BCUT2D eigenvalue weighted by atomic mass is 10.2. The second-order valence-corrected chi connectivity index (χ2v) is 2.38. The number of ether oxygens (including phenoxy) is 1. The molecule has 1 aromatic rings. The highest BCUT2D eigenvalue weighted by atomic mass is 16.5. The molecule has 0 spiro atoms. The Morgan fingerprint density at radius 3 is 2.83 bits per heavy atom. The smallest absolute Gasteiger partial charge is 0.341 e. The van der Waals surface area contributed by atoms with Crippen molar-refractivity contribution in [2.45, 2.75) is 13.5 Å². The number of hydrogen-bond donors (Lipinski definition) is 1. The zero-order valence-electron chi connectivity index (χ0n) is 7.09. The first-order valence-electron chi connectivity index (χ1n) is 3.56. The third-order valence-corrected chi connectivity index (χ3v) is 1.58. The fourth-order valence-electron chi connectivity index (χ4n) is 0.957. The molecule has 0 fully saturated rings. The van der Waals surface area contributed by atoms with Gasteiger partial charge in [-0.15, -0.1) is 0 Å². The lowest BCUT2D eigenvalue weighted by molar-refractivity contribution is 0.0599. The minimum atomic E-state index is -0.393. The lowest BCUT2D eigenvalue weighted by Gasteiger charge is -1.93. The van der Waals surface area contributed by atoms with Crippen molar-refractivity contribution in [2.75, 3.05) is 7.11 Å². The highest BCUT2D eigenvalue weighted by Gasteiger charge is 2.13. The van der Waals surface area contributed by atoms with Crippen molar-refractivity contribution in [1.82, 2.24) is 0 Å². The molecule has 0 radical (unpaired) electrons. The molecule has 1 heterocycles.